The van der Waals surface area contributed by atoms with E-state index in [1.165, 1.54) is 11.1 Å². The Hall–Kier alpha value is -1.44. The minimum absolute atomic E-state index is 0.225. The third kappa shape index (κ3) is 2.17. The predicted molar refractivity (Wildman–Crippen MR) is 54.6 cm³/mol. The maximum atomic E-state index is 11.2. The van der Waals surface area contributed by atoms with E-state index < -0.39 is 30.3 Å². The normalized spacial score (nSPS) is 33.7. The van der Waals surface area contributed by atoms with Gasteiger partial charge >= 0.3 is 0 Å². The van der Waals surface area contributed by atoms with Gasteiger partial charge in [-0.05, 0) is 0 Å². The van der Waals surface area contributed by atoms with Crippen LogP contribution in [-0.2, 0) is 4.74 Å². The lowest BCUT2D eigenvalue weighted by molar-refractivity contribution is -0.580. The third-order valence-corrected chi connectivity index (χ3v) is 2.80. The Morgan fingerprint density at radius 3 is 2.94 bits per heavy atom. The molecule has 2 aliphatic rings. The van der Waals surface area contributed by atoms with Crippen LogP contribution in [0, 0.1) is 6.54 Å². The SMILES string of the molecule is CC1=C([O-])[N-]C(O)=[N+](C2CC(O)C(CO)O2)[CH-]1. The van der Waals surface area contributed by atoms with Gasteiger partial charge in [0.1, 0.15) is 12.3 Å². The topological polar surface area (TPSA) is 110 Å². The van der Waals surface area contributed by atoms with Crippen molar-refractivity contribution in [2.45, 2.75) is 31.8 Å². The summed E-state index contributed by atoms with van der Waals surface area (Å²) in [7, 11) is 0. The highest BCUT2D eigenvalue weighted by Gasteiger charge is 2.34. The molecular weight excluding hydrogens is 228 g/mol. The Morgan fingerprint density at radius 2 is 2.35 bits per heavy atom. The molecular formula is C10H14N2O5-2. The van der Waals surface area contributed by atoms with Crippen molar-refractivity contribution in [2.24, 2.45) is 0 Å². The summed E-state index contributed by atoms with van der Waals surface area (Å²) in [5.41, 5.74) is 0.369. The quantitative estimate of drug-likeness (QED) is 0.404. The number of nitrogens with zero attached hydrogens (tertiary/aromatic N) is 2. The summed E-state index contributed by atoms with van der Waals surface area (Å²) in [5.74, 6) is -0.504. The van der Waals surface area contributed by atoms with E-state index in [-0.39, 0.29) is 13.0 Å². The number of rotatable bonds is 2. The van der Waals surface area contributed by atoms with E-state index in [0.29, 0.717) is 5.57 Å². The number of ether oxygens (including phenoxy) is 1. The lowest BCUT2D eigenvalue weighted by atomic mass is 10.2. The molecule has 17 heavy (non-hydrogen) atoms. The molecule has 1 fully saturated rings. The third-order valence-electron chi connectivity index (χ3n) is 2.80. The Balaban J connectivity index is 2.12. The first-order valence-corrected chi connectivity index (χ1v) is 5.26. The number of aliphatic hydroxyl groups excluding tert-OH is 3. The lowest BCUT2D eigenvalue weighted by Gasteiger charge is -2.38. The molecule has 0 saturated carbocycles. The molecule has 2 aliphatic heterocycles. The molecule has 2 rings (SSSR count). The molecule has 3 N–H and O–H groups in total. The van der Waals surface area contributed by atoms with Crippen LogP contribution in [0.5, 0.6) is 0 Å². The van der Waals surface area contributed by atoms with Gasteiger partial charge in [0.25, 0.3) is 0 Å². The highest BCUT2D eigenvalue weighted by molar-refractivity contribution is 5.84. The van der Waals surface area contributed by atoms with Crippen LogP contribution in [0.2, 0.25) is 0 Å². The van der Waals surface area contributed by atoms with Gasteiger partial charge in [-0.1, -0.05) is 13.5 Å². The first-order chi connectivity index (χ1) is 8.02. The summed E-state index contributed by atoms with van der Waals surface area (Å²) in [6, 6.07) is -0.462. The molecule has 0 aromatic heterocycles. The molecule has 1 saturated heterocycles. The zero-order valence-electron chi connectivity index (χ0n) is 9.28. The van der Waals surface area contributed by atoms with E-state index >= 15 is 0 Å². The van der Waals surface area contributed by atoms with Crippen LogP contribution < -0.4 is 5.11 Å². The van der Waals surface area contributed by atoms with E-state index in [4.69, 9.17) is 9.84 Å². The fraction of sp³-hybridized carbons (Fsp3) is 0.600. The summed E-state index contributed by atoms with van der Waals surface area (Å²) in [4.78, 5) is 0. The van der Waals surface area contributed by atoms with Crippen LogP contribution in [-0.4, -0.2) is 51.0 Å². The van der Waals surface area contributed by atoms with Crippen molar-refractivity contribution in [1.82, 2.24) is 0 Å². The van der Waals surface area contributed by atoms with E-state index in [2.05, 4.69) is 5.32 Å². The number of hydrogen-bond acceptors (Lipinski definition) is 4. The van der Waals surface area contributed by atoms with Gasteiger partial charge in [-0.15, -0.1) is 11.5 Å². The first-order valence-electron chi connectivity index (χ1n) is 5.26. The molecule has 0 aromatic rings. The van der Waals surface area contributed by atoms with Crippen molar-refractivity contribution >= 4 is 6.02 Å². The monoisotopic (exact) mass is 242 g/mol. The lowest BCUT2D eigenvalue weighted by Crippen LogP contribution is -2.34. The molecule has 0 amide bonds. The van der Waals surface area contributed by atoms with Crippen LogP contribution in [0.15, 0.2) is 11.5 Å². The van der Waals surface area contributed by atoms with Crippen LogP contribution in [0.3, 0.4) is 0 Å². The van der Waals surface area contributed by atoms with Gasteiger partial charge in [0.15, 0.2) is 6.02 Å². The molecule has 0 bridgehead atoms. The zero-order valence-corrected chi connectivity index (χ0v) is 9.28. The van der Waals surface area contributed by atoms with Crippen LogP contribution in [0.4, 0.5) is 0 Å². The van der Waals surface area contributed by atoms with E-state index in [9.17, 15) is 15.3 Å². The van der Waals surface area contributed by atoms with Gasteiger partial charge < -0.3 is 35.1 Å². The van der Waals surface area contributed by atoms with Crippen LogP contribution in [0.1, 0.15) is 13.3 Å². The largest absolute Gasteiger partial charge is 0.915 e. The molecule has 7 nitrogen and oxygen atoms in total. The second-order valence-corrected chi connectivity index (χ2v) is 4.05. The van der Waals surface area contributed by atoms with Gasteiger partial charge in [0, 0.05) is 6.42 Å². The van der Waals surface area contributed by atoms with Crippen LogP contribution in [0.25, 0.3) is 5.32 Å². The second kappa shape index (κ2) is 4.44. The number of hydrogen-bond donors (Lipinski definition) is 3. The molecule has 96 valence electrons. The standard InChI is InChI=1S/C10H15N2O5/c1-5-3-12(10(16)11-9(5)15)8-2-6(14)7(4-13)17-8/h3,6-8,13-16H,2,4H2,1H3/q-1/p-1. The maximum Gasteiger partial charge on any atom is 0.177 e. The summed E-state index contributed by atoms with van der Waals surface area (Å²) < 4.78 is 6.62. The Morgan fingerprint density at radius 1 is 1.65 bits per heavy atom. The van der Waals surface area contributed by atoms with E-state index in [1.54, 1.807) is 6.92 Å². The van der Waals surface area contributed by atoms with E-state index in [1.807, 2.05) is 0 Å². The summed E-state index contributed by atoms with van der Waals surface area (Å²) >= 11 is 0. The molecule has 0 radical (unpaired) electrons. The van der Waals surface area contributed by atoms with E-state index in [0.717, 1.165) is 0 Å². The second-order valence-electron chi connectivity index (χ2n) is 4.05. The van der Waals surface area contributed by atoms with Crippen molar-refractivity contribution in [2.75, 3.05) is 6.61 Å². The minimum atomic E-state index is -0.802. The molecule has 0 spiro atoms. The van der Waals surface area contributed by atoms with Crippen molar-refractivity contribution in [3.05, 3.63) is 23.3 Å². The zero-order chi connectivity index (χ0) is 12.6. The Kier molecular flexibility index (Phi) is 3.14. The first kappa shape index (κ1) is 12.0. The van der Waals surface area contributed by atoms with Gasteiger partial charge in [-0.3, -0.25) is 0 Å². The maximum absolute atomic E-state index is 11.2. The predicted octanol–water partition coefficient (Wildman–Crippen LogP) is -1.48. The molecule has 7 heteroatoms. The average Bonchev–Trinajstić information content (AvgIpc) is 2.65. The van der Waals surface area contributed by atoms with Crippen molar-refractivity contribution in [3.8, 4) is 0 Å². The average molecular weight is 242 g/mol. The molecule has 2 heterocycles. The molecule has 0 aliphatic carbocycles. The van der Waals surface area contributed by atoms with Gasteiger partial charge in [0.2, 0.25) is 0 Å². The number of aliphatic hydroxyl groups is 3. The summed E-state index contributed by atoms with van der Waals surface area (Å²) in [6.07, 6.45) is -1.89. The van der Waals surface area contributed by atoms with Crippen molar-refractivity contribution < 1.29 is 29.7 Å². The number of amidine groups is 1. The molecule has 0 aromatic carbocycles. The highest BCUT2D eigenvalue weighted by Crippen LogP contribution is 2.26. The van der Waals surface area contributed by atoms with Crippen molar-refractivity contribution in [3.63, 3.8) is 0 Å². The molecule has 3 unspecified atom stereocenters. The summed E-state index contributed by atoms with van der Waals surface area (Å²) in [5, 5.41) is 42.7. The fourth-order valence-electron chi connectivity index (χ4n) is 1.82. The Labute approximate surface area is 98.3 Å². The van der Waals surface area contributed by atoms with Gasteiger partial charge in [-0.2, -0.15) is 0 Å². The highest BCUT2D eigenvalue weighted by atomic mass is 16.5. The summed E-state index contributed by atoms with van der Waals surface area (Å²) in [6.45, 7) is 2.69. The fourth-order valence-corrected chi connectivity index (χ4v) is 1.82. The smallest absolute Gasteiger partial charge is 0.177 e. The van der Waals surface area contributed by atoms with Crippen LogP contribution >= 0.6 is 0 Å². The van der Waals surface area contributed by atoms with Gasteiger partial charge in [0.05, 0.1) is 12.7 Å². The van der Waals surface area contributed by atoms with Crippen molar-refractivity contribution in [1.29, 1.82) is 0 Å². The van der Waals surface area contributed by atoms with Gasteiger partial charge in [-0.25, -0.2) is 0 Å². The minimum Gasteiger partial charge on any atom is -0.915 e. The molecule has 3 atom stereocenters. The Bertz CT molecular complexity index is 379.